The van der Waals surface area contributed by atoms with E-state index in [-0.39, 0.29) is 0 Å². The molecule has 0 saturated carbocycles. The van der Waals surface area contributed by atoms with E-state index in [2.05, 4.69) is 41.1 Å². The number of amidine groups is 1. The maximum atomic E-state index is 13.6. The second-order valence-electron chi connectivity index (χ2n) is 8.42. The van der Waals surface area contributed by atoms with Gasteiger partial charge in [-0.1, -0.05) is 42.1 Å². The maximum absolute atomic E-state index is 13.6. The minimum absolute atomic E-state index is 0.375. The molecule has 1 saturated heterocycles. The topological polar surface area (TPSA) is 28.1 Å². The molecular formula is C25H31F2N3OS. The highest BCUT2D eigenvalue weighted by atomic mass is 32.2. The van der Waals surface area contributed by atoms with Gasteiger partial charge in [-0.2, -0.15) is 0 Å². The van der Waals surface area contributed by atoms with E-state index in [0.29, 0.717) is 31.2 Å². The molecule has 0 atom stereocenters. The number of para-hydroxylation sites is 1. The molecule has 0 bridgehead atoms. The molecule has 4 rings (SSSR count). The number of fused-ring (bicyclic) bond motifs is 1. The molecular weight excluding hydrogens is 428 g/mol. The zero-order valence-electron chi connectivity index (χ0n) is 18.6. The van der Waals surface area contributed by atoms with Crippen LogP contribution in [0.4, 0.5) is 14.5 Å². The van der Waals surface area contributed by atoms with E-state index in [4.69, 9.17) is 9.73 Å². The number of aliphatic imine (C=N–C) groups is 1. The van der Waals surface area contributed by atoms with Crippen LogP contribution in [0.15, 0.2) is 47.5 Å². The van der Waals surface area contributed by atoms with Crippen molar-refractivity contribution in [3.8, 4) is 0 Å². The zero-order valence-corrected chi connectivity index (χ0v) is 19.4. The largest absolute Gasteiger partial charge is 0.381 e. The van der Waals surface area contributed by atoms with Crippen LogP contribution in [0.5, 0.6) is 0 Å². The van der Waals surface area contributed by atoms with Gasteiger partial charge in [-0.15, -0.1) is 0 Å². The van der Waals surface area contributed by atoms with Crippen molar-refractivity contribution in [1.29, 1.82) is 0 Å². The molecule has 4 nitrogen and oxygen atoms in total. The second-order valence-corrected chi connectivity index (χ2v) is 9.37. The summed E-state index contributed by atoms with van der Waals surface area (Å²) in [5.41, 5.74) is 2.79. The zero-order chi connectivity index (χ0) is 22.3. The third kappa shape index (κ3) is 5.88. The Hall–Kier alpha value is -1.96. The molecule has 0 spiro atoms. The maximum Gasteiger partial charge on any atom is 0.164 e. The highest BCUT2D eigenvalue weighted by Gasteiger charge is 2.26. The number of nitrogens with zero attached hydrogens (tertiary/aromatic N) is 3. The van der Waals surface area contributed by atoms with E-state index >= 15 is 0 Å². The first-order chi connectivity index (χ1) is 15.6. The summed E-state index contributed by atoms with van der Waals surface area (Å²) in [7, 11) is 2.18. The molecule has 172 valence electrons. The van der Waals surface area contributed by atoms with Crippen molar-refractivity contribution in [3.63, 3.8) is 0 Å². The van der Waals surface area contributed by atoms with Crippen molar-refractivity contribution in [1.82, 2.24) is 9.80 Å². The standard InChI is InChI=1S/C25H31F2N3OS/c1-29(25-28-23-9-3-2-6-20(23)18-32-25)21-10-14-30(15-11-21)13-5-16-31-17-12-19-7-4-8-22(26)24(19)27/h2-4,6-9,21H,5,10-18H2,1H3. The van der Waals surface area contributed by atoms with Gasteiger partial charge in [0.15, 0.2) is 16.8 Å². The van der Waals surface area contributed by atoms with Gasteiger partial charge in [0.1, 0.15) is 0 Å². The van der Waals surface area contributed by atoms with Crippen LogP contribution in [0.1, 0.15) is 30.4 Å². The lowest BCUT2D eigenvalue weighted by Gasteiger charge is -2.38. The lowest BCUT2D eigenvalue weighted by atomic mass is 10.0. The minimum Gasteiger partial charge on any atom is -0.381 e. The fourth-order valence-electron chi connectivity index (χ4n) is 4.30. The average Bonchev–Trinajstić information content (AvgIpc) is 2.83. The summed E-state index contributed by atoms with van der Waals surface area (Å²) in [6.45, 7) is 4.23. The summed E-state index contributed by atoms with van der Waals surface area (Å²) in [6, 6.07) is 13.2. The Labute approximate surface area is 193 Å². The molecule has 2 aliphatic rings. The summed E-state index contributed by atoms with van der Waals surface area (Å²) in [4.78, 5) is 9.74. The Morgan fingerprint density at radius 3 is 2.75 bits per heavy atom. The summed E-state index contributed by atoms with van der Waals surface area (Å²) in [6.07, 6.45) is 3.62. The monoisotopic (exact) mass is 459 g/mol. The summed E-state index contributed by atoms with van der Waals surface area (Å²) >= 11 is 1.83. The normalized spacial score (nSPS) is 17.2. The number of piperidine rings is 1. The van der Waals surface area contributed by atoms with Gasteiger partial charge >= 0.3 is 0 Å². The molecule has 0 aliphatic carbocycles. The molecule has 1 fully saturated rings. The van der Waals surface area contributed by atoms with E-state index < -0.39 is 11.6 Å². The predicted molar refractivity (Wildman–Crippen MR) is 128 cm³/mol. The van der Waals surface area contributed by atoms with Gasteiger partial charge in [0.25, 0.3) is 0 Å². The number of hydrogen-bond acceptors (Lipinski definition) is 5. The number of ether oxygens (including phenoxy) is 1. The Balaban J connectivity index is 1.13. The van der Waals surface area contributed by atoms with E-state index in [0.717, 1.165) is 61.6 Å². The number of benzene rings is 2. The number of thioether (sulfide) groups is 1. The molecule has 2 aromatic rings. The van der Waals surface area contributed by atoms with Crippen molar-refractivity contribution in [2.24, 2.45) is 4.99 Å². The molecule has 0 N–H and O–H groups in total. The van der Waals surface area contributed by atoms with Gasteiger partial charge in [-0.3, -0.25) is 0 Å². The molecule has 0 aromatic heterocycles. The van der Waals surface area contributed by atoms with E-state index in [1.54, 1.807) is 6.07 Å². The molecule has 2 aliphatic heterocycles. The Morgan fingerprint density at radius 1 is 1.09 bits per heavy atom. The van der Waals surface area contributed by atoms with Crippen molar-refractivity contribution in [2.75, 3.05) is 39.9 Å². The third-order valence-corrected chi connectivity index (χ3v) is 7.37. The van der Waals surface area contributed by atoms with Gasteiger partial charge < -0.3 is 14.5 Å². The minimum atomic E-state index is -0.796. The summed E-state index contributed by atoms with van der Waals surface area (Å²) in [5, 5.41) is 1.13. The average molecular weight is 460 g/mol. The van der Waals surface area contributed by atoms with E-state index in [9.17, 15) is 8.78 Å². The molecule has 2 heterocycles. The first kappa shape index (κ1) is 23.2. The van der Waals surface area contributed by atoms with Gasteiger partial charge in [0.05, 0.1) is 12.3 Å². The number of rotatable bonds is 8. The Morgan fingerprint density at radius 2 is 1.91 bits per heavy atom. The van der Waals surface area contributed by atoms with Crippen LogP contribution in [0.25, 0.3) is 0 Å². The van der Waals surface area contributed by atoms with Crippen molar-refractivity contribution in [3.05, 3.63) is 65.2 Å². The van der Waals surface area contributed by atoms with Crippen molar-refractivity contribution >= 4 is 22.6 Å². The van der Waals surface area contributed by atoms with Gasteiger partial charge in [-0.25, -0.2) is 13.8 Å². The SMILES string of the molecule is CN(C1=Nc2ccccc2CS1)C1CCN(CCCOCCc2cccc(F)c2F)CC1. The molecule has 0 amide bonds. The fourth-order valence-corrected chi connectivity index (χ4v) is 5.35. The molecule has 7 heteroatoms. The highest BCUT2D eigenvalue weighted by Crippen LogP contribution is 2.32. The molecule has 2 aromatic carbocycles. The quantitative estimate of drug-likeness (QED) is 0.505. The van der Waals surface area contributed by atoms with Crippen LogP contribution in [0.3, 0.4) is 0 Å². The van der Waals surface area contributed by atoms with Gasteiger partial charge in [-0.05, 0) is 48.9 Å². The van der Waals surface area contributed by atoms with E-state index in [1.165, 1.54) is 11.6 Å². The second kappa shape index (κ2) is 11.3. The Bertz CT molecular complexity index is 931. The Kier molecular flexibility index (Phi) is 8.16. The van der Waals surface area contributed by atoms with Crippen LogP contribution >= 0.6 is 11.8 Å². The first-order valence-electron chi connectivity index (χ1n) is 11.4. The van der Waals surface area contributed by atoms with E-state index in [1.807, 2.05) is 11.8 Å². The smallest absolute Gasteiger partial charge is 0.164 e. The molecule has 0 radical (unpaired) electrons. The third-order valence-electron chi connectivity index (χ3n) is 6.28. The van der Waals surface area contributed by atoms with Crippen LogP contribution < -0.4 is 0 Å². The van der Waals surface area contributed by atoms with Gasteiger partial charge in [0.2, 0.25) is 0 Å². The van der Waals surface area contributed by atoms with Gasteiger partial charge in [0, 0.05) is 45.1 Å². The van der Waals surface area contributed by atoms with Crippen LogP contribution in [-0.4, -0.2) is 60.9 Å². The van der Waals surface area contributed by atoms with Crippen LogP contribution in [0.2, 0.25) is 0 Å². The lowest BCUT2D eigenvalue weighted by Crippen LogP contribution is -2.45. The molecule has 32 heavy (non-hydrogen) atoms. The first-order valence-corrected chi connectivity index (χ1v) is 12.4. The summed E-state index contributed by atoms with van der Waals surface area (Å²) < 4.78 is 32.5. The highest BCUT2D eigenvalue weighted by molar-refractivity contribution is 8.13. The number of likely N-dealkylation sites (tertiary alicyclic amines) is 1. The number of hydrogen-bond donors (Lipinski definition) is 0. The number of halogens is 2. The molecule has 0 unspecified atom stereocenters. The van der Waals surface area contributed by atoms with Crippen LogP contribution in [0, 0.1) is 11.6 Å². The van der Waals surface area contributed by atoms with Crippen molar-refractivity contribution < 1.29 is 13.5 Å². The summed E-state index contributed by atoms with van der Waals surface area (Å²) in [5.74, 6) is -0.564. The van der Waals surface area contributed by atoms with Crippen LogP contribution in [-0.2, 0) is 16.9 Å². The fraction of sp³-hybridized carbons (Fsp3) is 0.480. The van der Waals surface area contributed by atoms with Crippen molar-refractivity contribution in [2.45, 2.75) is 37.5 Å². The lowest BCUT2D eigenvalue weighted by molar-refractivity contribution is 0.111. The predicted octanol–water partition coefficient (Wildman–Crippen LogP) is 5.24.